The van der Waals surface area contributed by atoms with Gasteiger partial charge in [-0.1, -0.05) is 12.1 Å². The number of hydrogen-bond donors (Lipinski definition) is 1. The molecule has 94 valence electrons. The van der Waals surface area contributed by atoms with Crippen LogP contribution in [-0.2, 0) is 0 Å². The lowest BCUT2D eigenvalue weighted by Crippen LogP contribution is -2.13. The van der Waals surface area contributed by atoms with Crippen molar-refractivity contribution in [2.24, 2.45) is 0 Å². The summed E-state index contributed by atoms with van der Waals surface area (Å²) in [7, 11) is 1.91. The molecule has 0 saturated heterocycles. The number of pyridine rings is 1. The number of hydrogen-bond acceptors (Lipinski definition) is 3. The first-order chi connectivity index (χ1) is 8.70. The number of benzene rings is 1. The van der Waals surface area contributed by atoms with Gasteiger partial charge < -0.3 is 10.1 Å². The van der Waals surface area contributed by atoms with E-state index in [1.807, 2.05) is 43.4 Å². The lowest BCUT2D eigenvalue weighted by Gasteiger charge is -2.11. The fourth-order valence-electron chi connectivity index (χ4n) is 1.51. The summed E-state index contributed by atoms with van der Waals surface area (Å²) in [6.45, 7) is 2.07. The molecular weight excluding hydrogens is 292 g/mol. The van der Waals surface area contributed by atoms with Gasteiger partial charge in [0, 0.05) is 6.04 Å². The molecule has 1 heterocycles. The number of nitrogens with zero attached hydrogens (tertiary/aromatic N) is 1. The maximum atomic E-state index is 5.75. The summed E-state index contributed by atoms with van der Waals surface area (Å²) in [4.78, 5) is 4.37. The minimum atomic E-state index is 0.238. The molecule has 4 heteroatoms. The molecule has 2 rings (SSSR count). The predicted octanol–water partition coefficient (Wildman–Crippen LogP) is 3.92. The maximum Gasteiger partial charge on any atom is 0.145 e. The van der Waals surface area contributed by atoms with Crippen LogP contribution in [0.1, 0.15) is 18.7 Å². The van der Waals surface area contributed by atoms with Gasteiger partial charge in [0.05, 0.1) is 16.4 Å². The zero-order valence-corrected chi connectivity index (χ0v) is 11.9. The molecule has 0 saturated carbocycles. The van der Waals surface area contributed by atoms with Crippen LogP contribution in [0, 0.1) is 0 Å². The van der Waals surface area contributed by atoms with E-state index in [0.717, 1.165) is 21.7 Å². The van der Waals surface area contributed by atoms with Crippen LogP contribution in [0.25, 0.3) is 0 Å². The molecule has 0 fully saturated rings. The zero-order chi connectivity index (χ0) is 13.0. The molecule has 0 aliphatic heterocycles. The summed E-state index contributed by atoms with van der Waals surface area (Å²) in [6, 6.07) is 11.9. The van der Waals surface area contributed by atoms with E-state index in [4.69, 9.17) is 4.74 Å². The third-order valence-corrected chi connectivity index (χ3v) is 3.36. The lowest BCUT2D eigenvalue weighted by molar-refractivity contribution is 0.475. The van der Waals surface area contributed by atoms with Crippen molar-refractivity contribution in [1.82, 2.24) is 10.3 Å². The van der Waals surface area contributed by atoms with Crippen LogP contribution in [0.2, 0.25) is 0 Å². The van der Waals surface area contributed by atoms with E-state index in [2.05, 4.69) is 33.2 Å². The monoisotopic (exact) mass is 306 g/mol. The first kappa shape index (κ1) is 13.1. The van der Waals surface area contributed by atoms with E-state index in [-0.39, 0.29) is 6.04 Å². The molecule has 0 aliphatic carbocycles. The van der Waals surface area contributed by atoms with Crippen LogP contribution >= 0.6 is 15.9 Å². The van der Waals surface area contributed by atoms with Crippen LogP contribution < -0.4 is 10.1 Å². The highest BCUT2D eigenvalue weighted by molar-refractivity contribution is 9.10. The molecule has 18 heavy (non-hydrogen) atoms. The normalized spacial score (nSPS) is 12.2. The summed E-state index contributed by atoms with van der Waals surface area (Å²) in [5.41, 5.74) is 0.997. The van der Waals surface area contributed by atoms with Gasteiger partial charge in [0.1, 0.15) is 11.5 Å². The molecule has 1 aromatic carbocycles. The molecule has 0 amide bonds. The first-order valence-electron chi connectivity index (χ1n) is 5.76. The molecule has 3 nitrogen and oxygen atoms in total. The second-order valence-corrected chi connectivity index (χ2v) is 4.82. The predicted molar refractivity (Wildman–Crippen MR) is 75.9 cm³/mol. The zero-order valence-electron chi connectivity index (χ0n) is 10.4. The van der Waals surface area contributed by atoms with Crippen LogP contribution in [0.3, 0.4) is 0 Å². The molecule has 1 N–H and O–H groups in total. The van der Waals surface area contributed by atoms with E-state index in [1.165, 1.54) is 0 Å². The fourth-order valence-corrected chi connectivity index (χ4v) is 1.88. The number of halogens is 1. The SMILES string of the molecule is CNC(C)c1ccc(Oc2ccccc2Br)cn1. The smallest absolute Gasteiger partial charge is 0.145 e. The minimum Gasteiger partial charge on any atom is -0.455 e. The van der Waals surface area contributed by atoms with Crippen molar-refractivity contribution in [3.05, 3.63) is 52.8 Å². The van der Waals surface area contributed by atoms with E-state index in [9.17, 15) is 0 Å². The van der Waals surface area contributed by atoms with Crippen LogP contribution in [-0.4, -0.2) is 12.0 Å². The quantitative estimate of drug-likeness (QED) is 0.929. The van der Waals surface area contributed by atoms with Gasteiger partial charge in [0.25, 0.3) is 0 Å². The average molecular weight is 307 g/mol. The Bertz CT molecular complexity index is 513. The number of ether oxygens (including phenoxy) is 1. The Labute approximate surface area is 115 Å². The molecule has 0 radical (unpaired) electrons. The summed E-state index contributed by atoms with van der Waals surface area (Å²) >= 11 is 3.45. The van der Waals surface area contributed by atoms with Gasteiger partial charge in [-0.25, -0.2) is 0 Å². The standard InChI is InChI=1S/C14H15BrN2O/c1-10(16-2)13-8-7-11(9-17-13)18-14-6-4-3-5-12(14)15/h3-10,16H,1-2H3. The summed E-state index contributed by atoms with van der Waals surface area (Å²) in [5, 5.41) is 3.15. The van der Waals surface area contributed by atoms with Crippen molar-refractivity contribution in [3.8, 4) is 11.5 Å². The highest BCUT2D eigenvalue weighted by atomic mass is 79.9. The van der Waals surface area contributed by atoms with E-state index >= 15 is 0 Å². The van der Waals surface area contributed by atoms with Gasteiger partial charge in [0.2, 0.25) is 0 Å². The fraction of sp³-hybridized carbons (Fsp3) is 0.214. The summed E-state index contributed by atoms with van der Waals surface area (Å²) in [6.07, 6.45) is 1.74. The van der Waals surface area contributed by atoms with Crippen LogP contribution in [0.5, 0.6) is 11.5 Å². The van der Waals surface area contributed by atoms with Crippen molar-refractivity contribution in [1.29, 1.82) is 0 Å². The second-order valence-electron chi connectivity index (χ2n) is 3.96. The highest BCUT2D eigenvalue weighted by Crippen LogP contribution is 2.29. The Hall–Kier alpha value is -1.39. The third kappa shape index (κ3) is 3.09. The van der Waals surface area contributed by atoms with Gasteiger partial charge in [-0.05, 0) is 54.2 Å². The number of nitrogens with one attached hydrogen (secondary N) is 1. The van der Waals surface area contributed by atoms with Gasteiger partial charge in [-0.3, -0.25) is 4.98 Å². The van der Waals surface area contributed by atoms with Crippen molar-refractivity contribution in [3.63, 3.8) is 0 Å². The first-order valence-corrected chi connectivity index (χ1v) is 6.55. The van der Waals surface area contributed by atoms with Crippen molar-refractivity contribution in [2.75, 3.05) is 7.05 Å². The van der Waals surface area contributed by atoms with Gasteiger partial charge in [-0.15, -0.1) is 0 Å². The van der Waals surface area contributed by atoms with Gasteiger partial charge >= 0.3 is 0 Å². The maximum absolute atomic E-state index is 5.75. The Kier molecular flexibility index (Phi) is 4.33. The Morgan fingerprint density at radius 3 is 2.61 bits per heavy atom. The molecule has 0 spiro atoms. The van der Waals surface area contributed by atoms with E-state index in [0.29, 0.717) is 0 Å². The Balaban J connectivity index is 2.14. The van der Waals surface area contributed by atoms with Gasteiger partial charge in [-0.2, -0.15) is 0 Å². The number of aromatic nitrogens is 1. The molecular formula is C14H15BrN2O. The molecule has 0 bridgehead atoms. The largest absolute Gasteiger partial charge is 0.455 e. The van der Waals surface area contributed by atoms with Gasteiger partial charge in [0.15, 0.2) is 0 Å². The highest BCUT2D eigenvalue weighted by Gasteiger charge is 2.05. The summed E-state index contributed by atoms with van der Waals surface area (Å²) in [5.74, 6) is 1.52. The molecule has 1 aromatic heterocycles. The van der Waals surface area contributed by atoms with Crippen LogP contribution in [0.4, 0.5) is 0 Å². The van der Waals surface area contributed by atoms with E-state index in [1.54, 1.807) is 6.20 Å². The average Bonchev–Trinajstić information content (AvgIpc) is 2.41. The Morgan fingerprint density at radius 2 is 2.00 bits per heavy atom. The van der Waals surface area contributed by atoms with Crippen LogP contribution in [0.15, 0.2) is 47.1 Å². The number of para-hydroxylation sites is 1. The number of rotatable bonds is 4. The molecule has 1 atom stereocenters. The molecule has 0 aliphatic rings. The van der Waals surface area contributed by atoms with E-state index < -0.39 is 0 Å². The Morgan fingerprint density at radius 1 is 1.22 bits per heavy atom. The molecule has 1 unspecified atom stereocenters. The molecule has 2 aromatic rings. The lowest BCUT2D eigenvalue weighted by atomic mass is 10.2. The topological polar surface area (TPSA) is 34.1 Å². The second kappa shape index (κ2) is 5.98. The minimum absolute atomic E-state index is 0.238. The van der Waals surface area contributed by atoms with Crippen molar-refractivity contribution >= 4 is 15.9 Å². The summed E-state index contributed by atoms with van der Waals surface area (Å²) < 4.78 is 6.68. The van der Waals surface area contributed by atoms with Crippen molar-refractivity contribution < 1.29 is 4.74 Å². The third-order valence-electron chi connectivity index (χ3n) is 2.70. The van der Waals surface area contributed by atoms with Crippen molar-refractivity contribution in [2.45, 2.75) is 13.0 Å².